The van der Waals surface area contributed by atoms with Gasteiger partial charge in [-0.25, -0.2) is 0 Å². The second-order valence-electron chi connectivity index (χ2n) is 3.65. The Balaban J connectivity index is 1.98. The van der Waals surface area contributed by atoms with Crippen LogP contribution in [-0.4, -0.2) is 18.3 Å². The third-order valence-electron chi connectivity index (χ3n) is 2.84. The monoisotopic (exact) mass is 168 g/mol. The molecule has 2 rings (SSSR count). The molecule has 0 spiro atoms. The molecule has 0 amide bonds. The molecule has 0 aromatic carbocycles. The summed E-state index contributed by atoms with van der Waals surface area (Å²) in [7, 11) is 0. The van der Waals surface area contributed by atoms with Gasteiger partial charge in [0, 0.05) is 0 Å². The van der Waals surface area contributed by atoms with Gasteiger partial charge in [0.15, 0.2) is 0 Å². The fourth-order valence-electron chi connectivity index (χ4n) is 2.23. The molecular weight excluding hydrogens is 152 g/mol. The fourth-order valence-corrected chi connectivity index (χ4v) is 2.23. The van der Waals surface area contributed by atoms with Gasteiger partial charge in [-0.15, -0.1) is 0 Å². The molecule has 3 unspecified atom stereocenters. The fraction of sp³-hybridized carbons (Fsp3) is 0.800. The first-order chi connectivity index (χ1) is 5.90. The number of hydrogen-bond acceptors (Lipinski definition) is 2. The summed E-state index contributed by atoms with van der Waals surface area (Å²) >= 11 is 0. The van der Waals surface area contributed by atoms with E-state index in [1.54, 1.807) is 6.26 Å². The third kappa shape index (κ3) is 1.48. The highest BCUT2D eigenvalue weighted by Crippen LogP contribution is 2.32. The van der Waals surface area contributed by atoms with Crippen LogP contribution in [0, 0.1) is 0 Å². The van der Waals surface area contributed by atoms with Crippen molar-refractivity contribution in [1.82, 2.24) is 0 Å². The van der Waals surface area contributed by atoms with Crippen molar-refractivity contribution in [2.75, 3.05) is 0 Å². The molecule has 2 nitrogen and oxygen atoms in total. The summed E-state index contributed by atoms with van der Waals surface area (Å²) in [6.45, 7) is 3.59. The molecular formula is C10H16O2. The Labute approximate surface area is 73.5 Å². The molecule has 2 bridgehead atoms. The maximum absolute atomic E-state index is 5.81. The summed E-state index contributed by atoms with van der Waals surface area (Å²) in [5.41, 5.74) is 0. The van der Waals surface area contributed by atoms with E-state index in [9.17, 15) is 0 Å². The van der Waals surface area contributed by atoms with Crippen LogP contribution in [0.5, 0.6) is 0 Å². The highest BCUT2D eigenvalue weighted by molar-refractivity contribution is 4.85. The average Bonchev–Trinajstić information content (AvgIpc) is 2.41. The Morgan fingerprint density at radius 2 is 2.17 bits per heavy atom. The highest BCUT2D eigenvalue weighted by atomic mass is 16.5. The molecule has 2 fully saturated rings. The molecule has 0 radical (unpaired) electrons. The minimum absolute atomic E-state index is 0.273. The van der Waals surface area contributed by atoms with Crippen molar-refractivity contribution in [3.63, 3.8) is 0 Å². The van der Waals surface area contributed by atoms with Crippen molar-refractivity contribution in [2.45, 2.75) is 50.4 Å². The molecule has 68 valence electrons. The predicted octanol–water partition coefficient (Wildman–Crippen LogP) is 2.25. The van der Waals surface area contributed by atoms with Gasteiger partial charge in [-0.1, -0.05) is 6.58 Å². The van der Waals surface area contributed by atoms with Crippen LogP contribution in [0.25, 0.3) is 0 Å². The molecule has 2 heterocycles. The molecule has 0 aromatic heterocycles. The molecule has 0 N–H and O–H groups in total. The van der Waals surface area contributed by atoms with Gasteiger partial charge in [-0.05, 0) is 32.1 Å². The Kier molecular flexibility index (Phi) is 2.35. The van der Waals surface area contributed by atoms with Crippen LogP contribution in [0.3, 0.4) is 0 Å². The largest absolute Gasteiger partial charge is 0.496 e. The zero-order valence-electron chi connectivity index (χ0n) is 7.37. The lowest BCUT2D eigenvalue weighted by atomic mass is 9.99. The molecule has 2 saturated heterocycles. The minimum Gasteiger partial charge on any atom is -0.496 e. The third-order valence-corrected chi connectivity index (χ3v) is 2.84. The summed E-state index contributed by atoms with van der Waals surface area (Å²) in [5, 5.41) is 0. The molecule has 3 atom stereocenters. The average molecular weight is 168 g/mol. The Morgan fingerprint density at radius 1 is 1.25 bits per heavy atom. The predicted molar refractivity (Wildman–Crippen MR) is 46.8 cm³/mol. The molecule has 2 heteroatoms. The van der Waals surface area contributed by atoms with Crippen LogP contribution in [0.15, 0.2) is 12.8 Å². The first-order valence-electron chi connectivity index (χ1n) is 4.82. The van der Waals surface area contributed by atoms with Gasteiger partial charge in [0.2, 0.25) is 0 Å². The van der Waals surface area contributed by atoms with Gasteiger partial charge in [-0.2, -0.15) is 0 Å². The van der Waals surface area contributed by atoms with Gasteiger partial charge < -0.3 is 9.47 Å². The molecule has 0 saturated carbocycles. The van der Waals surface area contributed by atoms with Crippen molar-refractivity contribution in [3.8, 4) is 0 Å². The van der Waals surface area contributed by atoms with Crippen LogP contribution < -0.4 is 0 Å². The Hall–Kier alpha value is -0.500. The first kappa shape index (κ1) is 8.11. The van der Waals surface area contributed by atoms with Gasteiger partial charge >= 0.3 is 0 Å². The van der Waals surface area contributed by atoms with E-state index in [2.05, 4.69) is 6.58 Å². The summed E-state index contributed by atoms with van der Waals surface area (Å²) in [4.78, 5) is 0. The van der Waals surface area contributed by atoms with Gasteiger partial charge in [0.05, 0.1) is 18.5 Å². The second-order valence-corrected chi connectivity index (χ2v) is 3.65. The molecule has 2 aliphatic rings. The van der Waals surface area contributed by atoms with Crippen LogP contribution in [-0.2, 0) is 9.47 Å². The zero-order valence-corrected chi connectivity index (χ0v) is 7.37. The van der Waals surface area contributed by atoms with Crippen LogP contribution in [0.4, 0.5) is 0 Å². The normalized spacial score (nSPS) is 40.5. The maximum Gasteiger partial charge on any atom is 0.124 e. The van der Waals surface area contributed by atoms with Crippen molar-refractivity contribution in [2.24, 2.45) is 0 Å². The van der Waals surface area contributed by atoms with Crippen molar-refractivity contribution in [3.05, 3.63) is 12.8 Å². The van der Waals surface area contributed by atoms with E-state index in [-0.39, 0.29) is 6.10 Å². The molecule has 2 aliphatic heterocycles. The maximum atomic E-state index is 5.81. The zero-order chi connectivity index (χ0) is 8.39. The van der Waals surface area contributed by atoms with Crippen molar-refractivity contribution >= 4 is 0 Å². The standard InChI is InChI=1S/C10H16O2/c1-2-11-9-5-3-4-8-6-7-10(9)12-8/h2,8-10H,1,3-7H2. The summed E-state index contributed by atoms with van der Waals surface area (Å²) < 4.78 is 11.2. The smallest absolute Gasteiger partial charge is 0.124 e. The quantitative estimate of drug-likeness (QED) is 0.589. The molecule has 0 aromatic rings. The summed E-state index contributed by atoms with van der Waals surface area (Å²) in [6.07, 6.45) is 8.66. The van der Waals surface area contributed by atoms with Gasteiger partial charge in [0.25, 0.3) is 0 Å². The molecule has 0 aliphatic carbocycles. The topological polar surface area (TPSA) is 18.5 Å². The van der Waals surface area contributed by atoms with Gasteiger partial charge in [0.1, 0.15) is 6.10 Å². The Bertz CT molecular complexity index is 167. The van der Waals surface area contributed by atoms with Crippen LogP contribution in [0.1, 0.15) is 32.1 Å². The lowest BCUT2D eigenvalue weighted by Crippen LogP contribution is -2.25. The SMILES string of the molecule is C=COC1CCCC2CCC1O2. The van der Waals surface area contributed by atoms with E-state index in [1.165, 1.54) is 25.7 Å². The van der Waals surface area contributed by atoms with E-state index in [1.807, 2.05) is 0 Å². The molecule has 12 heavy (non-hydrogen) atoms. The number of rotatable bonds is 2. The van der Waals surface area contributed by atoms with Gasteiger partial charge in [-0.3, -0.25) is 0 Å². The second kappa shape index (κ2) is 3.48. The van der Waals surface area contributed by atoms with E-state index in [0.717, 1.165) is 6.42 Å². The minimum atomic E-state index is 0.273. The van der Waals surface area contributed by atoms with E-state index in [4.69, 9.17) is 9.47 Å². The number of ether oxygens (including phenoxy) is 2. The summed E-state index contributed by atoms with van der Waals surface area (Å²) in [5.74, 6) is 0. The van der Waals surface area contributed by atoms with E-state index < -0.39 is 0 Å². The highest BCUT2D eigenvalue weighted by Gasteiger charge is 2.34. The first-order valence-corrected chi connectivity index (χ1v) is 4.82. The summed E-state index contributed by atoms with van der Waals surface area (Å²) in [6, 6.07) is 0. The number of fused-ring (bicyclic) bond motifs is 2. The lowest BCUT2D eigenvalue weighted by molar-refractivity contribution is -0.0265. The van der Waals surface area contributed by atoms with Crippen LogP contribution in [0.2, 0.25) is 0 Å². The Morgan fingerprint density at radius 3 is 3.00 bits per heavy atom. The van der Waals surface area contributed by atoms with E-state index in [0.29, 0.717) is 12.2 Å². The van der Waals surface area contributed by atoms with Crippen molar-refractivity contribution in [1.29, 1.82) is 0 Å². The van der Waals surface area contributed by atoms with Crippen molar-refractivity contribution < 1.29 is 9.47 Å². The lowest BCUT2D eigenvalue weighted by Gasteiger charge is -2.20. The van der Waals surface area contributed by atoms with Crippen LogP contribution >= 0.6 is 0 Å². The number of hydrogen-bond donors (Lipinski definition) is 0. The van der Waals surface area contributed by atoms with E-state index >= 15 is 0 Å².